The fourth-order valence-electron chi connectivity index (χ4n) is 1.93. The van der Waals surface area contributed by atoms with Gasteiger partial charge < -0.3 is 5.32 Å². The highest BCUT2D eigenvalue weighted by atomic mass is 16.6. The van der Waals surface area contributed by atoms with Crippen molar-refractivity contribution in [3.8, 4) is 0 Å². The smallest absolute Gasteiger partial charge is 0.354 e. The molecule has 0 radical (unpaired) electrons. The highest BCUT2D eigenvalue weighted by Crippen LogP contribution is 2.28. The van der Waals surface area contributed by atoms with Crippen molar-refractivity contribution < 1.29 is 9.72 Å². The largest absolute Gasteiger partial charge is 0.364 e. The summed E-state index contributed by atoms with van der Waals surface area (Å²) < 4.78 is 0. The maximum Gasteiger partial charge on any atom is 0.354 e. The molecule has 0 unspecified atom stereocenters. The Labute approximate surface area is 144 Å². The van der Waals surface area contributed by atoms with Crippen molar-refractivity contribution in [2.45, 2.75) is 20.3 Å². The van der Waals surface area contributed by atoms with Gasteiger partial charge in [-0.25, -0.2) is 9.97 Å². The standard InChI is InChI=1S/C15H19N7O3/c1-10(2)6-8-17-13-12(22(24)25)14(19-9-18-13)20-21-15(23)11-5-3-4-7-16-11/h3-5,7,9-10H,6,8H2,1-2H3,(H,21,23)(H2,17,18,19,20). The highest BCUT2D eigenvalue weighted by Gasteiger charge is 2.23. The average molecular weight is 345 g/mol. The fourth-order valence-corrected chi connectivity index (χ4v) is 1.93. The lowest BCUT2D eigenvalue weighted by molar-refractivity contribution is -0.383. The number of amides is 1. The van der Waals surface area contributed by atoms with Crippen molar-refractivity contribution in [2.75, 3.05) is 17.3 Å². The molecule has 0 saturated heterocycles. The number of pyridine rings is 1. The SMILES string of the molecule is CC(C)CCNc1ncnc(NNC(=O)c2ccccn2)c1[N+](=O)[O-]. The molecule has 0 saturated carbocycles. The van der Waals surface area contributed by atoms with Gasteiger partial charge in [0.1, 0.15) is 12.0 Å². The van der Waals surface area contributed by atoms with Crippen molar-refractivity contribution in [1.82, 2.24) is 20.4 Å². The van der Waals surface area contributed by atoms with Crippen molar-refractivity contribution in [1.29, 1.82) is 0 Å². The monoisotopic (exact) mass is 345 g/mol. The Kier molecular flexibility index (Phi) is 6.15. The zero-order valence-electron chi connectivity index (χ0n) is 13.9. The third-order valence-electron chi connectivity index (χ3n) is 3.21. The molecule has 1 amide bonds. The van der Waals surface area contributed by atoms with Crippen LogP contribution in [0.5, 0.6) is 0 Å². The van der Waals surface area contributed by atoms with Gasteiger partial charge in [0.15, 0.2) is 0 Å². The van der Waals surface area contributed by atoms with Crippen LogP contribution in [-0.2, 0) is 0 Å². The van der Waals surface area contributed by atoms with Gasteiger partial charge in [-0.2, -0.15) is 0 Å². The lowest BCUT2D eigenvalue weighted by Crippen LogP contribution is -2.31. The number of nitrogens with zero attached hydrogens (tertiary/aromatic N) is 4. The van der Waals surface area contributed by atoms with Crippen LogP contribution in [0.1, 0.15) is 30.8 Å². The summed E-state index contributed by atoms with van der Waals surface area (Å²) in [6.07, 6.45) is 3.49. The molecule has 132 valence electrons. The summed E-state index contributed by atoms with van der Waals surface area (Å²) in [5.41, 5.74) is 4.63. The highest BCUT2D eigenvalue weighted by molar-refractivity contribution is 5.93. The van der Waals surface area contributed by atoms with Gasteiger partial charge in [0.2, 0.25) is 11.6 Å². The molecule has 10 heteroatoms. The van der Waals surface area contributed by atoms with E-state index in [1.807, 2.05) is 0 Å². The molecular weight excluding hydrogens is 326 g/mol. The molecule has 0 aromatic carbocycles. The van der Waals surface area contributed by atoms with Gasteiger partial charge in [-0.05, 0) is 24.5 Å². The zero-order chi connectivity index (χ0) is 18.2. The maximum atomic E-state index is 12.0. The minimum Gasteiger partial charge on any atom is -0.364 e. The third-order valence-corrected chi connectivity index (χ3v) is 3.21. The van der Waals surface area contributed by atoms with Gasteiger partial charge in [-0.3, -0.25) is 30.7 Å². The predicted octanol–water partition coefficient (Wildman–Crippen LogP) is 1.99. The lowest BCUT2D eigenvalue weighted by Gasteiger charge is -2.11. The molecule has 25 heavy (non-hydrogen) atoms. The average Bonchev–Trinajstić information content (AvgIpc) is 2.60. The Balaban J connectivity index is 2.11. The van der Waals surface area contributed by atoms with Crippen LogP contribution in [0, 0.1) is 16.0 Å². The number of carbonyl (C=O) groups is 1. The summed E-state index contributed by atoms with van der Waals surface area (Å²) in [6.45, 7) is 4.64. The number of nitro groups is 1. The number of nitrogens with one attached hydrogen (secondary N) is 3. The van der Waals surface area contributed by atoms with E-state index in [2.05, 4.69) is 45.0 Å². The van der Waals surface area contributed by atoms with E-state index < -0.39 is 10.8 Å². The van der Waals surface area contributed by atoms with Gasteiger partial charge in [-0.15, -0.1) is 0 Å². The molecule has 0 atom stereocenters. The second-order valence-corrected chi connectivity index (χ2v) is 5.58. The van der Waals surface area contributed by atoms with Crippen LogP contribution in [0.25, 0.3) is 0 Å². The Hall–Kier alpha value is -3.30. The van der Waals surface area contributed by atoms with Crippen molar-refractivity contribution in [3.05, 3.63) is 46.5 Å². The summed E-state index contributed by atoms with van der Waals surface area (Å²) in [6, 6.07) is 4.85. The molecule has 2 aromatic rings. The van der Waals surface area contributed by atoms with E-state index in [0.717, 1.165) is 6.42 Å². The second-order valence-electron chi connectivity index (χ2n) is 5.58. The van der Waals surface area contributed by atoms with Crippen LogP contribution in [0.4, 0.5) is 17.3 Å². The number of aromatic nitrogens is 3. The molecule has 0 aliphatic carbocycles. The number of carbonyl (C=O) groups excluding carboxylic acids is 1. The summed E-state index contributed by atoms with van der Waals surface area (Å²) >= 11 is 0. The summed E-state index contributed by atoms with van der Waals surface area (Å²) in [7, 11) is 0. The van der Waals surface area contributed by atoms with Crippen LogP contribution in [0.2, 0.25) is 0 Å². The Morgan fingerprint density at radius 3 is 2.64 bits per heavy atom. The van der Waals surface area contributed by atoms with Crippen LogP contribution in [0.15, 0.2) is 30.7 Å². The molecule has 3 N–H and O–H groups in total. The Bertz CT molecular complexity index is 737. The maximum absolute atomic E-state index is 12.0. The Morgan fingerprint density at radius 2 is 2.00 bits per heavy atom. The molecule has 0 aliphatic heterocycles. The normalized spacial score (nSPS) is 10.4. The molecule has 0 spiro atoms. The fraction of sp³-hybridized carbons (Fsp3) is 0.333. The first-order valence-corrected chi connectivity index (χ1v) is 7.69. The molecule has 10 nitrogen and oxygen atoms in total. The first kappa shape index (κ1) is 18.0. The third kappa shape index (κ3) is 5.09. The van der Waals surface area contributed by atoms with Gasteiger partial charge in [0, 0.05) is 12.7 Å². The predicted molar refractivity (Wildman–Crippen MR) is 92.0 cm³/mol. The molecule has 2 rings (SSSR count). The van der Waals surface area contributed by atoms with E-state index >= 15 is 0 Å². The molecule has 2 heterocycles. The molecule has 2 aromatic heterocycles. The van der Waals surface area contributed by atoms with E-state index in [-0.39, 0.29) is 23.0 Å². The summed E-state index contributed by atoms with van der Waals surface area (Å²) in [5.74, 6) is -0.113. The van der Waals surface area contributed by atoms with Crippen molar-refractivity contribution >= 4 is 23.2 Å². The van der Waals surface area contributed by atoms with Crippen molar-refractivity contribution in [3.63, 3.8) is 0 Å². The van der Waals surface area contributed by atoms with Crippen LogP contribution in [-0.4, -0.2) is 32.3 Å². The van der Waals surface area contributed by atoms with E-state index in [1.165, 1.54) is 18.6 Å². The first-order chi connectivity index (χ1) is 12.0. The lowest BCUT2D eigenvalue weighted by atomic mass is 10.1. The molecule has 0 fully saturated rings. The van der Waals surface area contributed by atoms with Gasteiger partial charge in [-0.1, -0.05) is 19.9 Å². The van der Waals surface area contributed by atoms with Gasteiger partial charge in [0.05, 0.1) is 4.92 Å². The van der Waals surface area contributed by atoms with Crippen molar-refractivity contribution in [2.24, 2.45) is 5.92 Å². The van der Waals surface area contributed by atoms with E-state index in [1.54, 1.807) is 12.1 Å². The Morgan fingerprint density at radius 1 is 1.24 bits per heavy atom. The van der Waals surface area contributed by atoms with Gasteiger partial charge >= 0.3 is 5.69 Å². The van der Waals surface area contributed by atoms with Crippen LogP contribution in [0.3, 0.4) is 0 Å². The summed E-state index contributed by atoms with van der Waals surface area (Å²) in [5, 5.41) is 14.3. The second kappa shape index (κ2) is 8.52. The number of hydrogen-bond donors (Lipinski definition) is 3. The van der Waals surface area contributed by atoms with E-state index in [9.17, 15) is 14.9 Å². The van der Waals surface area contributed by atoms with Gasteiger partial charge in [0.25, 0.3) is 5.91 Å². The van der Waals surface area contributed by atoms with E-state index in [0.29, 0.717) is 12.5 Å². The number of rotatable bonds is 8. The van der Waals surface area contributed by atoms with Crippen LogP contribution >= 0.6 is 0 Å². The molecule has 0 bridgehead atoms. The van der Waals surface area contributed by atoms with E-state index in [4.69, 9.17) is 0 Å². The zero-order valence-corrected chi connectivity index (χ0v) is 13.9. The first-order valence-electron chi connectivity index (χ1n) is 7.69. The minimum atomic E-state index is -0.604. The minimum absolute atomic E-state index is 0.0928. The molecule has 0 aliphatic rings. The topological polar surface area (TPSA) is 135 Å². The number of hydrogen-bond acceptors (Lipinski definition) is 8. The number of hydrazine groups is 1. The quantitative estimate of drug-likeness (QED) is 0.488. The number of anilines is 2. The van der Waals surface area contributed by atoms with Crippen LogP contribution < -0.4 is 16.2 Å². The summed E-state index contributed by atoms with van der Waals surface area (Å²) in [4.78, 5) is 34.4. The molecular formula is C15H19N7O3.